The summed E-state index contributed by atoms with van der Waals surface area (Å²) >= 11 is 0. The Labute approximate surface area is 181 Å². The van der Waals surface area contributed by atoms with Gasteiger partial charge in [-0.2, -0.15) is 0 Å². The highest BCUT2D eigenvalue weighted by Crippen LogP contribution is 2.39. The largest absolute Gasteiger partial charge is 0.497 e. The summed E-state index contributed by atoms with van der Waals surface area (Å²) in [6, 6.07) is 11.1. The maximum absolute atomic E-state index is 13.5. The molecule has 0 spiro atoms. The molecule has 7 nitrogen and oxygen atoms in total. The lowest BCUT2D eigenvalue weighted by Crippen LogP contribution is -2.45. The number of carbonyl (C=O) groups excluding carboxylic acids is 1. The first-order chi connectivity index (χ1) is 15.1. The van der Waals surface area contributed by atoms with E-state index >= 15 is 0 Å². The minimum absolute atomic E-state index is 0.0547. The normalized spacial score (nSPS) is 16.4. The third kappa shape index (κ3) is 3.65. The number of likely N-dealkylation sites (N-methyl/N-ethyl adjacent to an activating group) is 1. The van der Waals surface area contributed by atoms with Crippen molar-refractivity contribution in [3.05, 3.63) is 53.7 Å². The Kier molecular flexibility index (Phi) is 5.11. The maximum Gasteiger partial charge on any atom is 0.196 e. The lowest BCUT2D eigenvalue weighted by molar-refractivity contribution is 0.103. The van der Waals surface area contributed by atoms with E-state index < -0.39 is 0 Å². The SMILES string of the molecule is COc1ccc(C(=O)c2cnc3cc4c(cc3c2N2CCN(C)CC2)OCCO4)cc1. The molecule has 1 aromatic heterocycles. The standard InChI is InChI=1S/C24H25N3O4/c1-26-7-9-27(10-8-26)23-18-13-21-22(31-12-11-30-21)14-20(18)25-15-19(23)24(28)16-3-5-17(29-2)6-4-16/h3-6,13-15H,7-12H2,1-2H3. The van der Waals surface area contributed by atoms with Crippen LogP contribution in [0.3, 0.4) is 0 Å². The van der Waals surface area contributed by atoms with E-state index in [0.29, 0.717) is 35.8 Å². The molecule has 3 heterocycles. The molecule has 1 fully saturated rings. The number of piperazine rings is 1. The summed E-state index contributed by atoms with van der Waals surface area (Å²) < 4.78 is 16.8. The van der Waals surface area contributed by atoms with Crippen LogP contribution in [0.15, 0.2) is 42.6 Å². The molecule has 0 atom stereocenters. The number of fused-ring (bicyclic) bond motifs is 2. The van der Waals surface area contributed by atoms with Gasteiger partial charge in [-0.1, -0.05) is 0 Å². The zero-order chi connectivity index (χ0) is 21.4. The van der Waals surface area contributed by atoms with Crippen molar-refractivity contribution in [1.29, 1.82) is 0 Å². The second-order valence-corrected chi connectivity index (χ2v) is 7.88. The molecule has 160 valence electrons. The first-order valence-corrected chi connectivity index (χ1v) is 10.5. The number of rotatable bonds is 4. The Bertz CT molecular complexity index is 1120. The molecule has 0 N–H and O–H groups in total. The van der Waals surface area contributed by atoms with Crippen molar-refractivity contribution in [1.82, 2.24) is 9.88 Å². The number of hydrogen-bond acceptors (Lipinski definition) is 7. The van der Waals surface area contributed by atoms with E-state index in [4.69, 9.17) is 14.2 Å². The lowest BCUT2D eigenvalue weighted by Gasteiger charge is -2.35. The van der Waals surface area contributed by atoms with Crippen LogP contribution in [0.25, 0.3) is 10.9 Å². The summed E-state index contributed by atoms with van der Waals surface area (Å²) in [6.45, 7) is 4.59. The predicted octanol–water partition coefficient (Wildman–Crippen LogP) is 3.00. The number of ketones is 1. The third-order valence-electron chi connectivity index (χ3n) is 5.92. The second kappa shape index (κ2) is 8.07. The first kappa shape index (κ1) is 19.6. The number of methoxy groups -OCH3 is 1. The molecule has 2 aliphatic rings. The lowest BCUT2D eigenvalue weighted by atomic mass is 9.99. The number of benzene rings is 2. The minimum atomic E-state index is -0.0547. The summed E-state index contributed by atoms with van der Waals surface area (Å²) in [5, 5.41) is 0.910. The molecule has 0 amide bonds. The van der Waals surface area contributed by atoms with E-state index in [1.54, 1.807) is 37.6 Å². The van der Waals surface area contributed by atoms with Gasteiger partial charge >= 0.3 is 0 Å². The van der Waals surface area contributed by atoms with Crippen LogP contribution in [0.5, 0.6) is 17.2 Å². The first-order valence-electron chi connectivity index (χ1n) is 10.5. The molecular formula is C24H25N3O4. The molecule has 0 bridgehead atoms. The summed E-state index contributed by atoms with van der Waals surface area (Å²) in [7, 11) is 3.73. The van der Waals surface area contributed by atoms with Crippen LogP contribution in [0.2, 0.25) is 0 Å². The Morgan fingerprint density at radius 2 is 1.68 bits per heavy atom. The highest BCUT2D eigenvalue weighted by molar-refractivity contribution is 6.16. The Morgan fingerprint density at radius 1 is 1.00 bits per heavy atom. The molecule has 1 saturated heterocycles. The van der Waals surface area contributed by atoms with Crippen molar-refractivity contribution < 1.29 is 19.0 Å². The maximum atomic E-state index is 13.5. The van der Waals surface area contributed by atoms with Gasteiger partial charge in [-0.3, -0.25) is 9.78 Å². The fourth-order valence-corrected chi connectivity index (χ4v) is 4.15. The van der Waals surface area contributed by atoms with Gasteiger partial charge in [0.2, 0.25) is 0 Å². The summed E-state index contributed by atoms with van der Waals surface area (Å²) in [5.74, 6) is 2.06. The van der Waals surface area contributed by atoms with Crippen LogP contribution in [0.4, 0.5) is 5.69 Å². The van der Waals surface area contributed by atoms with Crippen molar-refractivity contribution in [3.63, 3.8) is 0 Å². The van der Waals surface area contributed by atoms with Gasteiger partial charge in [0.05, 0.1) is 23.9 Å². The van der Waals surface area contributed by atoms with Gasteiger partial charge in [0.1, 0.15) is 19.0 Å². The number of ether oxygens (including phenoxy) is 3. The van der Waals surface area contributed by atoms with Crippen LogP contribution >= 0.6 is 0 Å². The van der Waals surface area contributed by atoms with Crippen molar-refractivity contribution in [2.45, 2.75) is 0 Å². The molecule has 0 radical (unpaired) electrons. The van der Waals surface area contributed by atoms with Crippen molar-refractivity contribution in [2.24, 2.45) is 0 Å². The molecule has 0 saturated carbocycles. The summed E-state index contributed by atoms with van der Waals surface area (Å²) in [6.07, 6.45) is 1.69. The molecule has 2 aliphatic heterocycles. The Morgan fingerprint density at radius 3 is 2.35 bits per heavy atom. The van der Waals surface area contributed by atoms with E-state index in [1.165, 1.54) is 0 Å². The number of pyridine rings is 1. The van der Waals surface area contributed by atoms with E-state index in [2.05, 4.69) is 21.8 Å². The molecule has 2 aromatic carbocycles. The average Bonchev–Trinajstić information content (AvgIpc) is 2.82. The van der Waals surface area contributed by atoms with Crippen LogP contribution in [0.1, 0.15) is 15.9 Å². The van der Waals surface area contributed by atoms with E-state index in [0.717, 1.165) is 48.5 Å². The average molecular weight is 419 g/mol. The van der Waals surface area contributed by atoms with E-state index in [9.17, 15) is 4.79 Å². The highest BCUT2D eigenvalue weighted by atomic mass is 16.6. The zero-order valence-electron chi connectivity index (χ0n) is 17.8. The van der Waals surface area contributed by atoms with Crippen LogP contribution in [0, 0.1) is 0 Å². The second-order valence-electron chi connectivity index (χ2n) is 7.88. The Balaban J connectivity index is 1.65. The highest BCUT2D eigenvalue weighted by Gasteiger charge is 2.26. The van der Waals surface area contributed by atoms with Gasteiger partial charge in [0.15, 0.2) is 17.3 Å². The predicted molar refractivity (Wildman–Crippen MR) is 119 cm³/mol. The van der Waals surface area contributed by atoms with Gasteiger partial charge < -0.3 is 24.0 Å². The summed E-state index contributed by atoms with van der Waals surface area (Å²) in [5.41, 5.74) is 2.91. The molecular weight excluding hydrogens is 394 g/mol. The van der Waals surface area contributed by atoms with E-state index in [1.807, 2.05) is 12.1 Å². The monoisotopic (exact) mass is 419 g/mol. The smallest absolute Gasteiger partial charge is 0.196 e. The quantitative estimate of drug-likeness (QED) is 0.603. The van der Waals surface area contributed by atoms with Crippen LogP contribution in [-0.2, 0) is 0 Å². The molecule has 0 aliphatic carbocycles. The number of carbonyl (C=O) groups is 1. The van der Waals surface area contributed by atoms with Gasteiger partial charge in [-0.15, -0.1) is 0 Å². The van der Waals surface area contributed by atoms with Crippen LogP contribution < -0.4 is 19.1 Å². The molecule has 3 aromatic rings. The molecule has 31 heavy (non-hydrogen) atoms. The zero-order valence-corrected chi connectivity index (χ0v) is 17.8. The van der Waals surface area contributed by atoms with Gasteiger partial charge in [0, 0.05) is 49.4 Å². The van der Waals surface area contributed by atoms with Gasteiger partial charge in [-0.05, 0) is 37.4 Å². The van der Waals surface area contributed by atoms with Crippen molar-refractivity contribution in [2.75, 3.05) is 58.5 Å². The van der Waals surface area contributed by atoms with Crippen molar-refractivity contribution in [3.8, 4) is 17.2 Å². The third-order valence-corrected chi connectivity index (χ3v) is 5.92. The van der Waals surface area contributed by atoms with Gasteiger partial charge in [-0.25, -0.2) is 0 Å². The number of aromatic nitrogens is 1. The topological polar surface area (TPSA) is 64.1 Å². The van der Waals surface area contributed by atoms with E-state index in [-0.39, 0.29) is 5.78 Å². The van der Waals surface area contributed by atoms with Gasteiger partial charge in [0.25, 0.3) is 0 Å². The van der Waals surface area contributed by atoms with Crippen molar-refractivity contribution >= 4 is 22.4 Å². The number of nitrogens with zero attached hydrogens (tertiary/aromatic N) is 3. The molecule has 5 rings (SSSR count). The summed E-state index contributed by atoms with van der Waals surface area (Å²) in [4.78, 5) is 22.7. The minimum Gasteiger partial charge on any atom is -0.497 e. The number of anilines is 1. The number of hydrogen-bond donors (Lipinski definition) is 0. The molecule has 0 unspecified atom stereocenters. The van der Waals surface area contributed by atoms with Crippen LogP contribution in [-0.4, -0.2) is 69.2 Å². The Hall–Kier alpha value is -3.32. The fourth-order valence-electron chi connectivity index (χ4n) is 4.15. The molecule has 7 heteroatoms. The fraction of sp³-hybridized carbons (Fsp3) is 0.333.